The van der Waals surface area contributed by atoms with Crippen LogP contribution in [0.2, 0.25) is 0 Å². The first-order valence-electron chi connectivity index (χ1n) is 9.80. The highest BCUT2D eigenvalue weighted by Crippen LogP contribution is 2.22. The summed E-state index contributed by atoms with van der Waals surface area (Å²) in [4.78, 5) is 33.5. The van der Waals surface area contributed by atoms with E-state index in [1.54, 1.807) is 6.20 Å². The van der Waals surface area contributed by atoms with E-state index < -0.39 is 17.2 Å². The van der Waals surface area contributed by atoms with E-state index in [-0.39, 0.29) is 12.3 Å². The molecule has 0 radical (unpaired) electrons. The minimum Gasteiger partial charge on any atom is -0.444 e. The Bertz CT molecular complexity index is 811. The Morgan fingerprint density at radius 1 is 1.17 bits per heavy atom. The normalized spacial score (nSPS) is 11.8. The molecule has 2 heterocycles. The number of pyridine rings is 1. The van der Waals surface area contributed by atoms with Crippen LogP contribution in [0.1, 0.15) is 53.2 Å². The summed E-state index contributed by atoms with van der Waals surface area (Å²) in [6.07, 6.45) is 2.77. The molecule has 0 unspecified atom stereocenters. The second-order valence-electron chi connectivity index (χ2n) is 7.93. The lowest BCUT2D eigenvalue weighted by Gasteiger charge is -2.33. The number of alkyl carbamates (subject to hydrolysis) is 1. The van der Waals surface area contributed by atoms with Crippen molar-refractivity contribution in [1.29, 1.82) is 0 Å². The molecule has 2 aromatic rings. The number of ether oxygens (including phenoxy) is 1. The minimum atomic E-state index is -0.565. The van der Waals surface area contributed by atoms with Crippen LogP contribution in [0.25, 0.3) is 10.7 Å². The first kappa shape index (κ1) is 22.8. The molecule has 0 fully saturated rings. The SMILES string of the molecule is CCC(CC)(CNC(=O)OC(C)(C)C)NC(=O)Cc1csc(-c2ccccn2)n1. The standard InChI is InChI=1S/C21H30N4O3S/c1-6-21(7-2,14-23-19(27)28-20(3,4)5)25-17(26)12-15-13-29-18(24-15)16-10-8-9-11-22-16/h8-11,13H,6-7,12,14H2,1-5H3,(H,23,27)(H,25,26). The Balaban J connectivity index is 1.97. The number of hydrogen-bond donors (Lipinski definition) is 2. The Labute approximate surface area is 176 Å². The van der Waals surface area contributed by atoms with Gasteiger partial charge >= 0.3 is 6.09 Å². The number of aromatic nitrogens is 2. The molecule has 7 nitrogen and oxygen atoms in total. The predicted molar refractivity (Wildman–Crippen MR) is 115 cm³/mol. The van der Waals surface area contributed by atoms with E-state index in [2.05, 4.69) is 20.6 Å². The smallest absolute Gasteiger partial charge is 0.407 e. The molecule has 0 saturated carbocycles. The van der Waals surface area contributed by atoms with E-state index in [4.69, 9.17) is 4.74 Å². The summed E-state index contributed by atoms with van der Waals surface area (Å²) >= 11 is 1.47. The largest absolute Gasteiger partial charge is 0.444 e. The van der Waals surface area contributed by atoms with Crippen LogP contribution in [0.3, 0.4) is 0 Å². The summed E-state index contributed by atoms with van der Waals surface area (Å²) in [7, 11) is 0. The number of carbonyl (C=O) groups is 2. The fraction of sp³-hybridized carbons (Fsp3) is 0.524. The van der Waals surface area contributed by atoms with Gasteiger partial charge in [0.1, 0.15) is 10.6 Å². The number of carbonyl (C=O) groups excluding carboxylic acids is 2. The number of thiazole rings is 1. The van der Waals surface area contributed by atoms with E-state index in [0.29, 0.717) is 25.1 Å². The summed E-state index contributed by atoms with van der Waals surface area (Å²) < 4.78 is 5.29. The first-order chi connectivity index (χ1) is 13.7. The molecule has 29 heavy (non-hydrogen) atoms. The fourth-order valence-corrected chi connectivity index (χ4v) is 3.57. The molecule has 2 amide bonds. The Morgan fingerprint density at radius 2 is 1.90 bits per heavy atom. The predicted octanol–water partition coefficient (Wildman–Crippen LogP) is 3.95. The van der Waals surface area contributed by atoms with Crippen molar-refractivity contribution < 1.29 is 14.3 Å². The Hall–Kier alpha value is -2.48. The van der Waals surface area contributed by atoms with Gasteiger partial charge in [-0.05, 0) is 45.7 Å². The monoisotopic (exact) mass is 418 g/mol. The van der Waals surface area contributed by atoms with Crippen LogP contribution in [0.5, 0.6) is 0 Å². The third-order valence-electron chi connectivity index (χ3n) is 4.51. The molecule has 158 valence electrons. The van der Waals surface area contributed by atoms with E-state index >= 15 is 0 Å². The number of rotatable bonds is 8. The molecule has 0 bridgehead atoms. The average Bonchev–Trinajstić information content (AvgIpc) is 3.13. The summed E-state index contributed by atoms with van der Waals surface area (Å²) in [6, 6.07) is 5.65. The fourth-order valence-electron chi connectivity index (χ4n) is 2.78. The second kappa shape index (κ2) is 9.82. The number of hydrogen-bond acceptors (Lipinski definition) is 6. The summed E-state index contributed by atoms with van der Waals surface area (Å²) in [6.45, 7) is 9.72. The lowest BCUT2D eigenvalue weighted by Crippen LogP contribution is -2.55. The van der Waals surface area contributed by atoms with Gasteiger partial charge in [0, 0.05) is 18.1 Å². The molecular weight excluding hydrogens is 388 g/mol. The van der Waals surface area contributed by atoms with Crippen molar-refractivity contribution in [3.63, 3.8) is 0 Å². The van der Waals surface area contributed by atoms with Gasteiger partial charge in [-0.15, -0.1) is 11.3 Å². The van der Waals surface area contributed by atoms with Crippen molar-refractivity contribution >= 4 is 23.3 Å². The molecule has 8 heteroatoms. The van der Waals surface area contributed by atoms with Crippen LogP contribution < -0.4 is 10.6 Å². The van der Waals surface area contributed by atoms with Gasteiger partial charge in [-0.25, -0.2) is 9.78 Å². The summed E-state index contributed by atoms with van der Waals surface area (Å²) in [5.74, 6) is -0.127. The molecule has 0 saturated heterocycles. The molecular formula is C21H30N4O3S. The van der Waals surface area contributed by atoms with Crippen LogP contribution in [-0.4, -0.2) is 39.7 Å². The summed E-state index contributed by atoms with van der Waals surface area (Å²) in [5.41, 5.74) is 0.398. The third kappa shape index (κ3) is 7.12. The van der Waals surface area contributed by atoms with Crippen LogP contribution >= 0.6 is 11.3 Å². The molecule has 0 aliphatic carbocycles. The molecule has 0 spiro atoms. The molecule has 0 aliphatic rings. The zero-order chi connectivity index (χ0) is 21.5. The van der Waals surface area contributed by atoms with Gasteiger partial charge in [-0.3, -0.25) is 9.78 Å². The highest BCUT2D eigenvalue weighted by molar-refractivity contribution is 7.13. The van der Waals surface area contributed by atoms with Gasteiger partial charge in [0.25, 0.3) is 0 Å². The van der Waals surface area contributed by atoms with E-state index in [1.807, 2.05) is 58.2 Å². The highest BCUT2D eigenvalue weighted by atomic mass is 32.1. The minimum absolute atomic E-state index is 0.127. The van der Waals surface area contributed by atoms with Crippen molar-refractivity contribution in [3.05, 3.63) is 35.5 Å². The van der Waals surface area contributed by atoms with Crippen molar-refractivity contribution in [2.24, 2.45) is 0 Å². The molecule has 0 aliphatic heterocycles. The van der Waals surface area contributed by atoms with Gasteiger partial charge in [0.15, 0.2) is 0 Å². The van der Waals surface area contributed by atoms with Crippen LogP contribution in [0.15, 0.2) is 29.8 Å². The maximum absolute atomic E-state index is 12.7. The van der Waals surface area contributed by atoms with E-state index in [1.165, 1.54) is 11.3 Å². The molecule has 2 rings (SSSR count). The zero-order valence-corrected chi connectivity index (χ0v) is 18.6. The second-order valence-corrected chi connectivity index (χ2v) is 8.78. The quantitative estimate of drug-likeness (QED) is 0.677. The van der Waals surface area contributed by atoms with Crippen LogP contribution in [0, 0.1) is 0 Å². The number of amides is 2. The maximum Gasteiger partial charge on any atom is 0.407 e. The molecule has 2 aromatic heterocycles. The first-order valence-corrected chi connectivity index (χ1v) is 10.7. The summed E-state index contributed by atoms with van der Waals surface area (Å²) in [5, 5.41) is 8.53. The Kier molecular flexibility index (Phi) is 7.73. The molecule has 0 aromatic carbocycles. The number of nitrogens with zero attached hydrogens (tertiary/aromatic N) is 2. The van der Waals surface area contributed by atoms with Gasteiger partial charge in [-0.1, -0.05) is 19.9 Å². The highest BCUT2D eigenvalue weighted by Gasteiger charge is 2.30. The van der Waals surface area contributed by atoms with Crippen molar-refractivity contribution in [3.8, 4) is 10.7 Å². The molecule has 2 N–H and O–H groups in total. The van der Waals surface area contributed by atoms with Gasteiger partial charge in [0.05, 0.1) is 23.3 Å². The van der Waals surface area contributed by atoms with Gasteiger partial charge in [-0.2, -0.15) is 0 Å². The third-order valence-corrected chi connectivity index (χ3v) is 5.42. The van der Waals surface area contributed by atoms with Crippen molar-refractivity contribution in [2.75, 3.05) is 6.54 Å². The lowest BCUT2D eigenvalue weighted by molar-refractivity contribution is -0.122. The maximum atomic E-state index is 12.7. The van der Waals surface area contributed by atoms with Gasteiger partial charge < -0.3 is 15.4 Å². The Morgan fingerprint density at radius 3 is 2.48 bits per heavy atom. The zero-order valence-electron chi connectivity index (χ0n) is 17.7. The van der Waals surface area contributed by atoms with Crippen LogP contribution in [0.4, 0.5) is 4.79 Å². The lowest BCUT2D eigenvalue weighted by atomic mass is 9.92. The average molecular weight is 419 g/mol. The van der Waals surface area contributed by atoms with E-state index in [0.717, 1.165) is 10.7 Å². The van der Waals surface area contributed by atoms with E-state index in [9.17, 15) is 9.59 Å². The number of nitrogens with one attached hydrogen (secondary N) is 2. The van der Waals surface area contributed by atoms with Crippen molar-refractivity contribution in [1.82, 2.24) is 20.6 Å². The topological polar surface area (TPSA) is 93.2 Å². The van der Waals surface area contributed by atoms with Gasteiger partial charge in [0.2, 0.25) is 5.91 Å². The van der Waals surface area contributed by atoms with Crippen LogP contribution in [-0.2, 0) is 16.0 Å². The van der Waals surface area contributed by atoms with Crippen molar-refractivity contribution in [2.45, 2.75) is 65.0 Å². The molecule has 0 atom stereocenters.